The highest BCUT2D eigenvalue weighted by Crippen LogP contribution is 2.12. The van der Waals surface area contributed by atoms with E-state index in [2.05, 4.69) is 14.9 Å². The maximum absolute atomic E-state index is 12.0. The predicted octanol–water partition coefficient (Wildman–Crippen LogP) is 0.986. The molecule has 0 aliphatic rings. The van der Waals surface area contributed by atoms with E-state index in [0.29, 0.717) is 11.3 Å². The average Bonchev–Trinajstić information content (AvgIpc) is 2.97. The number of aromatic nitrogens is 2. The number of sulfonamides is 1. The maximum atomic E-state index is 12.0. The van der Waals surface area contributed by atoms with E-state index in [9.17, 15) is 13.2 Å². The number of rotatable bonds is 6. The molecule has 0 aliphatic heterocycles. The van der Waals surface area contributed by atoms with Gasteiger partial charge in [0.1, 0.15) is 0 Å². The van der Waals surface area contributed by atoms with Gasteiger partial charge in [0.25, 0.3) is 0 Å². The Kier molecular flexibility index (Phi) is 4.51. The summed E-state index contributed by atoms with van der Waals surface area (Å²) < 4.78 is 26.5. The summed E-state index contributed by atoms with van der Waals surface area (Å²) in [5.41, 5.74) is 1.25. The molecule has 1 heterocycles. The summed E-state index contributed by atoms with van der Waals surface area (Å²) in [5, 5.41) is 14.9. The molecule has 8 heteroatoms. The molecule has 0 atom stereocenters. The number of carboxylic acid groups (broad SMARTS) is 1. The number of carboxylic acids is 1. The van der Waals surface area contributed by atoms with Crippen LogP contribution in [0.1, 0.15) is 11.3 Å². The zero-order valence-corrected chi connectivity index (χ0v) is 11.7. The lowest BCUT2D eigenvalue weighted by Crippen LogP contribution is -2.23. The van der Waals surface area contributed by atoms with E-state index < -0.39 is 16.0 Å². The van der Waals surface area contributed by atoms with Crippen molar-refractivity contribution in [2.75, 3.05) is 0 Å². The van der Waals surface area contributed by atoms with Crippen molar-refractivity contribution in [1.82, 2.24) is 14.9 Å². The summed E-state index contributed by atoms with van der Waals surface area (Å²) in [6, 6.07) is 7.56. The third kappa shape index (κ3) is 4.26. The second-order valence-corrected chi connectivity index (χ2v) is 5.91. The predicted molar refractivity (Wildman–Crippen MR) is 75.7 cm³/mol. The third-order valence-electron chi connectivity index (χ3n) is 2.62. The lowest BCUT2D eigenvalue weighted by molar-refractivity contribution is -0.131. The van der Waals surface area contributed by atoms with Gasteiger partial charge in [-0.1, -0.05) is 12.1 Å². The van der Waals surface area contributed by atoms with Crippen LogP contribution in [0.4, 0.5) is 0 Å². The van der Waals surface area contributed by atoms with Crippen molar-refractivity contribution in [2.24, 2.45) is 0 Å². The number of nitrogens with zero attached hydrogens (tertiary/aromatic N) is 1. The van der Waals surface area contributed by atoms with Crippen LogP contribution in [-0.4, -0.2) is 29.7 Å². The molecule has 7 nitrogen and oxygen atoms in total. The number of H-pyrrole nitrogens is 1. The molecular weight excluding hydrogens is 294 g/mol. The van der Waals surface area contributed by atoms with Gasteiger partial charge in [0.05, 0.1) is 17.1 Å². The molecule has 0 unspecified atom stereocenters. The summed E-state index contributed by atoms with van der Waals surface area (Å²) in [4.78, 5) is 10.5. The normalized spacial score (nSPS) is 11.8. The minimum atomic E-state index is -3.62. The van der Waals surface area contributed by atoms with Gasteiger partial charge < -0.3 is 5.11 Å². The van der Waals surface area contributed by atoms with Gasteiger partial charge in [0.2, 0.25) is 10.0 Å². The second kappa shape index (κ2) is 6.33. The van der Waals surface area contributed by atoms with Crippen LogP contribution in [0.3, 0.4) is 0 Å². The molecule has 0 fully saturated rings. The Bertz CT molecular complexity index is 734. The van der Waals surface area contributed by atoms with Crippen LogP contribution in [-0.2, 0) is 21.4 Å². The first kappa shape index (κ1) is 14.9. The molecule has 0 aliphatic carbocycles. The van der Waals surface area contributed by atoms with Crippen molar-refractivity contribution >= 4 is 22.1 Å². The summed E-state index contributed by atoms with van der Waals surface area (Å²) in [6.45, 7) is 0.114. The molecular formula is C13H13N3O4S. The first-order valence-electron chi connectivity index (χ1n) is 5.96. The van der Waals surface area contributed by atoms with E-state index in [1.807, 2.05) is 0 Å². The minimum absolute atomic E-state index is 0.106. The molecule has 1 aromatic heterocycles. The Morgan fingerprint density at radius 1 is 1.29 bits per heavy atom. The molecule has 0 bridgehead atoms. The average molecular weight is 307 g/mol. The molecule has 1 aromatic carbocycles. The largest absolute Gasteiger partial charge is 0.478 e. The van der Waals surface area contributed by atoms with Gasteiger partial charge in [-0.25, -0.2) is 17.9 Å². The first-order valence-corrected chi connectivity index (χ1v) is 7.45. The smallest absolute Gasteiger partial charge is 0.328 e. The zero-order valence-electron chi connectivity index (χ0n) is 10.9. The SMILES string of the molecule is O=C(O)C=Cc1ccc(S(=O)(=O)NCc2ccn[nH]2)cc1. The molecule has 2 rings (SSSR count). The van der Waals surface area contributed by atoms with E-state index in [0.717, 1.165) is 6.08 Å². The van der Waals surface area contributed by atoms with Crippen LogP contribution in [0.25, 0.3) is 6.08 Å². The lowest BCUT2D eigenvalue weighted by atomic mass is 10.2. The van der Waals surface area contributed by atoms with E-state index >= 15 is 0 Å². The highest BCUT2D eigenvalue weighted by molar-refractivity contribution is 7.89. The standard InChI is InChI=1S/C13H13N3O4S/c17-13(18)6-3-10-1-4-12(5-2-10)21(19,20)15-9-11-7-8-14-16-11/h1-8,15H,9H2,(H,14,16)(H,17,18). The number of aliphatic carboxylic acids is 1. The highest BCUT2D eigenvalue weighted by Gasteiger charge is 2.13. The Morgan fingerprint density at radius 3 is 2.57 bits per heavy atom. The van der Waals surface area contributed by atoms with Crippen molar-refractivity contribution in [3.8, 4) is 0 Å². The zero-order chi connectivity index (χ0) is 15.3. The fourth-order valence-corrected chi connectivity index (χ4v) is 2.57. The van der Waals surface area contributed by atoms with E-state index in [1.165, 1.54) is 36.5 Å². The summed E-state index contributed by atoms with van der Waals surface area (Å²) in [7, 11) is -3.62. The summed E-state index contributed by atoms with van der Waals surface area (Å²) >= 11 is 0. The monoisotopic (exact) mass is 307 g/mol. The number of aromatic amines is 1. The molecule has 2 aromatic rings. The first-order chi connectivity index (χ1) is 9.97. The Labute approximate surface area is 121 Å². The van der Waals surface area contributed by atoms with Gasteiger partial charge in [-0.05, 0) is 29.8 Å². The number of nitrogens with one attached hydrogen (secondary N) is 2. The molecule has 21 heavy (non-hydrogen) atoms. The Hall–Kier alpha value is -2.45. The van der Waals surface area contributed by atoms with Crippen LogP contribution in [0.5, 0.6) is 0 Å². The third-order valence-corrected chi connectivity index (χ3v) is 4.04. The van der Waals surface area contributed by atoms with Crippen LogP contribution >= 0.6 is 0 Å². The van der Waals surface area contributed by atoms with Gasteiger partial charge in [-0.15, -0.1) is 0 Å². The van der Waals surface area contributed by atoms with Crippen molar-refractivity contribution in [3.05, 3.63) is 53.9 Å². The highest BCUT2D eigenvalue weighted by atomic mass is 32.2. The molecule has 3 N–H and O–H groups in total. The van der Waals surface area contributed by atoms with Crippen molar-refractivity contribution < 1.29 is 18.3 Å². The fourth-order valence-electron chi connectivity index (χ4n) is 1.56. The molecule has 0 radical (unpaired) electrons. The van der Waals surface area contributed by atoms with Crippen LogP contribution in [0.2, 0.25) is 0 Å². The van der Waals surface area contributed by atoms with E-state index in [1.54, 1.807) is 6.07 Å². The van der Waals surface area contributed by atoms with Crippen LogP contribution in [0.15, 0.2) is 47.5 Å². The lowest BCUT2D eigenvalue weighted by Gasteiger charge is -2.05. The molecule has 0 saturated heterocycles. The molecule has 0 amide bonds. The minimum Gasteiger partial charge on any atom is -0.478 e. The number of hydrogen-bond donors (Lipinski definition) is 3. The summed E-state index contributed by atoms with van der Waals surface area (Å²) in [5.74, 6) is -1.06. The van der Waals surface area contributed by atoms with Gasteiger partial charge in [0.15, 0.2) is 0 Å². The van der Waals surface area contributed by atoms with E-state index in [4.69, 9.17) is 5.11 Å². The quantitative estimate of drug-likeness (QED) is 0.689. The van der Waals surface area contributed by atoms with Crippen molar-refractivity contribution in [2.45, 2.75) is 11.4 Å². The van der Waals surface area contributed by atoms with E-state index in [-0.39, 0.29) is 11.4 Å². The van der Waals surface area contributed by atoms with Crippen molar-refractivity contribution in [1.29, 1.82) is 0 Å². The van der Waals surface area contributed by atoms with Crippen molar-refractivity contribution in [3.63, 3.8) is 0 Å². The number of hydrogen-bond acceptors (Lipinski definition) is 4. The van der Waals surface area contributed by atoms with Gasteiger partial charge in [0, 0.05) is 12.3 Å². The molecule has 0 spiro atoms. The van der Waals surface area contributed by atoms with Crippen LogP contribution in [0, 0.1) is 0 Å². The number of benzene rings is 1. The summed E-state index contributed by atoms with van der Waals surface area (Å²) in [6.07, 6.45) is 3.91. The van der Waals surface area contributed by atoms with Gasteiger partial charge >= 0.3 is 5.97 Å². The van der Waals surface area contributed by atoms with Gasteiger partial charge in [-0.2, -0.15) is 5.10 Å². The van der Waals surface area contributed by atoms with Crippen LogP contribution < -0.4 is 4.72 Å². The molecule has 110 valence electrons. The van der Waals surface area contributed by atoms with Gasteiger partial charge in [-0.3, -0.25) is 5.10 Å². The second-order valence-electron chi connectivity index (χ2n) is 4.15. The molecule has 0 saturated carbocycles. The Morgan fingerprint density at radius 2 is 2.00 bits per heavy atom. The number of carbonyl (C=O) groups is 1. The topological polar surface area (TPSA) is 112 Å². The fraction of sp³-hybridized carbons (Fsp3) is 0.0769. The Balaban J connectivity index is 2.08. The maximum Gasteiger partial charge on any atom is 0.328 e.